The molecule has 3 aromatic heterocycles. The van der Waals surface area contributed by atoms with Crippen molar-refractivity contribution in [2.24, 2.45) is 5.84 Å². The third-order valence-electron chi connectivity index (χ3n) is 2.78. The van der Waals surface area contributed by atoms with Gasteiger partial charge in [0.1, 0.15) is 34.0 Å². The van der Waals surface area contributed by atoms with E-state index in [1.807, 2.05) is 6.92 Å². The summed E-state index contributed by atoms with van der Waals surface area (Å²) in [5, 5.41) is 1.58. The first-order valence-electron chi connectivity index (χ1n) is 5.96. The fraction of sp³-hybridized carbons (Fsp3) is 0.182. The van der Waals surface area contributed by atoms with Gasteiger partial charge in [0.2, 0.25) is 0 Å². The number of nitrogens with one attached hydrogen (secondary N) is 2. The fourth-order valence-electron chi connectivity index (χ4n) is 1.84. The smallest absolute Gasteiger partial charge is 0.181 e. The lowest BCUT2D eigenvalue weighted by molar-refractivity contribution is 0.937. The van der Waals surface area contributed by atoms with Gasteiger partial charge in [-0.2, -0.15) is 0 Å². The largest absolute Gasteiger partial charge is 0.341 e. The second-order valence-corrected chi connectivity index (χ2v) is 4.86. The topological polar surface area (TPSA) is 118 Å². The Morgan fingerprint density at radius 1 is 1.15 bits per heavy atom. The number of rotatable bonds is 4. The minimum atomic E-state index is 0.625. The molecule has 20 heavy (non-hydrogen) atoms. The molecule has 102 valence electrons. The number of imidazole rings is 1. The van der Waals surface area contributed by atoms with Gasteiger partial charge < -0.3 is 10.4 Å². The molecule has 0 aliphatic rings. The minimum Gasteiger partial charge on any atom is -0.341 e. The van der Waals surface area contributed by atoms with Crippen molar-refractivity contribution in [1.29, 1.82) is 0 Å². The average Bonchev–Trinajstić information content (AvgIpc) is 2.96. The highest BCUT2D eigenvalue weighted by Gasteiger charge is 2.14. The van der Waals surface area contributed by atoms with Crippen LogP contribution in [-0.2, 0) is 6.42 Å². The number of nitrogens with zero attached hydrogens (tertiary/aromatic N) is 5. The SMILES string of the molecule is CCc1c(NN)ncnc1Sc1ncnc2nc[nH]c12. The van der Waals surface area contributed by atoms with Crippen LogP contribution in [0.4, 0.5) is 5.82 Å². The van der Waals surface area contributed by atoms with Crippen molar-refractivity contribution in [2.45, 2.75) is 23.4 Å². The van der Waals surface area contributed by atoms with Crippen molar-refractivity contribution in [1.82, 2.24) is 29.9 Å². The molecule has 8 nitrogen and oxygen atoms in total. The van der Waals surface area contributed by atoms with E-state index in [1.165, 1.54) is 24.4 Å². The van der Waals surface area contributed by atoms with Crippen molar-refractivity contribution in [3.05, 3.63) is 24.5 Å². The van der Waals surface area contributed by atoms with Crippen LogP contribution in [0.25, 0.3) is 11.2 Å². The van der Waals surface area contributed by atoms with Gasteiger partial charge in [-0.25, -0.2) is 30.8 Å². The maximum Gasteiger partial charge on any atom is 0.181 e. The predicted octanol–water partition coefficient (Wildman–Crippen LogP) is 1.14. The first kappa shape index (κ1) is 12.8. The van der Waals surface area contributed by atoms with E-state index in [2.05, 4.69) is 35.3 Å². The molecule has 0 atom stereocenters. The van der Waals surface area contributed by atoms with E-state index in [0.717, 1.165) is 27.6 Å². The molecule has 3 heterocycles. The summed E-state index contributed by atoms with van der Waals surface area (Å²) in [6.07, 6.45) is 5.32. The number of H-pyrrole nitrogens is 1. The first-order chi connectivity index (χ1) is 9.83. The van der Waals surface area contributed by atoms with Crippen LogP contribution in [0.5, 0.6) is 0 Å². The van der Waals surface area contributed by atoms with Gasteiger partial charge in [0.05, 0.1) is 6.33 Å². The second kappa shape index (κ2) is 5.39. The molecule has 0 radical (unpaired) electrons. The molecule has 0 spiro atoms. The molecule has 4 N–H and O–H groups in total. The number of hydrogen-bond donors (Lipinski definition) is 3. The summed E-state index contributed by atoms with van der Waals surface area (Å²) in [5.41, 5.74) is 4.96. The number of hydrazine groups is 1. The van der Waals surface area contributed by atoms with Gasteiger partial charge in [0.15, 0.2) is 5.65 Å². The molecular formula is C11H12N8S. The van der Waals surface area contributed by atoms with Crippen molar-refractivity contribution >= 4 is 28.7 Å². The molecule has 0 aliphatic carbocycles. The van der Waals surface area contributed by atoms with Gasteiger partial charge in [-0.05, 0) is 18.2 Å². The highest BCUT2D eigenvalue weighted by atomic mass is 32.2. The first-order valence-corrected chi connectivity index (χ1v) is 6.77. The van der Waals surface area contributed by atoms with Crippen LogP contribution in [0.2, 0.25) is 0 Å². The summed E-state index contributed by atoms with van der Waals surface area (Å²) in [5.74, 6) is 6.10. The van der Waals surface area contributed by atoms with Crippen LogP contribution in [0, 0.1) is 0 Å². The number of nitrogens with two attached hydrogens (primary N) is 1. The van der Waals surface area contributed by atoms with Gasteiger partial charge >= 0.3 is 0 Å². The van der Waals surface area contributed by atoms with Crippen molar-refractivity contribution < 1.29 is 0 Å². The summed E-state index contributed by atoms with van der Waals surface area (Å²) in [4.78, 5) is 23.9. The quantitative estimate of drug-likeness (QED) is 0.371. The van der Waals surface area contributed by atoms with Crippen LogP contribution >= 0.6 is 11.8 Å². The van der Waals surface area contributed by atoms with E-state index < -0.39 is 0 Å². The minimum absolute atomic E-state index is 0.625. The van der Waals surface area contributed by atoms with E-state index in [0.29, 0.717) is 11.5 Å². The van der Waals surface area contributed by atoms with E-state index in [9.17, 15) is 0 Å². The maximum atomic E-state index is 5.47. The fourth-order valence-corrected chi connectivity index (χ4v) is 2.84. The van der Waals surface area contributed by atoms with Crippen molar-refractivity contribution in [3.63, 3.8) is 0 Å². The summed E-state index contributed by atoms with van der Waals surface area (Å²) in [7, 11) is 0. The predicted molar refractivity (Wildman–Crippen MR) is 75.0 cm³/mol. The normalized spacial score (nSPS) is 10.9. The van der Waals surface area contributed by atoms with Crippen LogP contribution < -0.4 is 11.3 Å². The number of anilines is 1. The Labute approximate surface area is 118 Å². The monoisotopic (exact) mass is 288 g/mol. The number of hydrogen-bond acceptors (Lipinski definition) is 8. The molecule has 0 saturated carbocycles. The Morgan fingerprint density at radius 3 is 2.75 bits per heavy atom. The van der Waals surface area contributed by atoms with Gasteiger partial charge in [-0.1, -0.05) is 6.92 Å². The van der Waals surface area contributed by atoms with E-state index in [-0.39, 0.29) is 0 Å². The van der Waals surface area contributed by atoms with Crippen LogP contribution in [0.15, 0.2) is 29.0 Å². The van der Waals surface area contributed by atoms with E-state index in [1.54, 1.807) is 6.33 Å². The van der Waals surface area contributed by atoms with Gasteiger partial charge in [-0.3, -0.25) is 0 Å². The number of nitrogen functional groups attached to an aromatic ring is 1. The lowest BCUT2D eigenvalue weighted by Gasteiger charge is -2.09. The molecule has 0 aliphatic heterocycles. The summed E-state index contributed by atoms with van der Waals surface area (Å²) in [6, 6.07) is 0. The van der Waals surface area contributed by atoms with Crippen LogP contribution in [0.1, 0.15) is 12.5 Å². The number of fused-ring (bicyclic) bond motifs is 1. The van der Waals surface area contributed by atoms with Gasteiger partial charge in [0.25, 0.3) is 0 Å². The second-order valence-electron chi connectivity index (χ2n) is 3.89. The highest BCUT2D eigenvalue weighted by Crippen LogP contribution is 2.32. The van der Waals surface area contributed by atoms with Gasteiger partial charge in [0, 0.05) is 5.56 Å². The third-order valence-corrected chi connectivity index (χ3v) is 3.83. The standard InChI is InChI=1S/C11H12N8S/c1-2-6-8(19-12)14-4-17-10(6)20-11-7-9(15-3-13-7)16-5-18-11/h3-5H,2,12H2,1H3,(H,14,17,19)(H,13,15,16,18). The van der Waals surface area contributed by atoms with Gasteiger partial charge in [-0.15, -0.1) is 0 Å². The Morgan fingerprint density at radius 2 is 1.95 bits per heavy atom. The molecule has 0 aromatic carbocycles. The molecule has 3 aromatic rings. The maximum absolute atomic E-state index is 5.47. The number of aromatic amines is 1. The Bertz CT molecular complexity index is 740. The molecule has 0 bridgehead atoms. The molecule has 0 unspecified atom stereocenters. The molecule has 0 saturated heterocycles. The summed E-state index contributed by atoms with van der Waals surface area (Å²) in [6.45, 7) is 2.02. The molecule has 0 fully saturated rings. The van der Waals surface area contributed by atoms with Crippen molar-refractivity contribution in [2.75, 3.05) is 5.43 Å². The van der Waals surface area contributed by atoms with E-state index >= 15 is 0 Å². The Balaban J connectivity index is 2.05. The summed E-state index contributed by atoms with van der Waals surface area (Å²) < 4.78 is 0. The highest BCUT2D eigenvalue weighted by molar-refractivity contribution is 7.99. The van der Waals surface area contributed by atoms with Crippen LogP contribution in [0.3, 0.4) is 0 Å². The van der Waals surface area contributed by atoms with Crippen molar-refractivity contribution in [3.8, 4) is 0 Å². The zero-order valence-corrected chi connectivity index (χ0v) is 11.5. The third kappa shape index (κ3) is 2.17. The molecule has 9 heteroatoms. The molecule has 0 amide bonds. The average molecular weight is 288 g/mol. The van der Waals surface area contributed by atoms with Crippen LogP contribution in [-0.4, -0.2) is 29.9 Å². The number of aromatic nitrogens is 6. The Kier molecular flexibility index (Phi) is 3.44. The zero-order valence-electron chi connectivity index (χ0n) is 10.7. The lowest BCUT2D eigenvalue weighted by Crippen LogP contribution is -2.12. The lowest BCUT2D eigenvalue weighted by atomic mass is 10.2. The van der Waals surface area contributed by atoms with E-state index in [4.69, 9.17) is 5.84 Å². The molecule has 3 rings (SSSR count). The summed E-state index contributed by atoms with van der Waals surface area (Å²) >= 11 is 1.43. The molecular weight excluding hydrogens is 276 g/mol. The zero-order chi connectivity index (χ0) is 13.9. The Hall–Kier alpha value is -2.26.